The molecular formula is C14H12ClFO2. The van der Waals surface area contributed by atoms with E-state index < -0.39 is 5.82 Å². The smallest absolute Gasteiger partial charge is 0.142 e. The standard InChI is InChI=1S/C14H12ClFO2/c15-13-9-12(5-6-14(13)16)18-11-3-1-10(2-4-11)7-8-17/h1-6,9,17H,7-8H2. The van der Waals surface area contributed by atoms with E-state index in [1.54, 1.807) is 12.1 Å². The summed E-state index contributed by atoms with van der Waals surface area (Å²) in [4.78, 5) is 0. The van der Waals surface area contributed by atoms with Crippen LogP contribution in [0.1, 0.15) is 5.56 Å². The monoisotopic (exact) mass is 266 g/mol. The minimum absolute atomic E-state index is 0.0319. The Morgan fingerprint density at radius 2 is 1.72 bits per heavy atom. The van der Waals surface area contributed by atoms with Crippen LogP contribution in [0.4, 0.5) is 4.39 Å². The van der Waals surface area contributed by atoms with Gasteiger partial charge in [0, 0.05) is 12.7 Å². The molecule has 1 N–H and O–H groups in total. The van der Waals surface area contributed by atoms with Crippen LogP contribution in [0.2, 0.25) is 5.02 Å². The van der Waals surface area contributed by atoms with Gasteiger partial charge in [0.1, 0.15) is 17.3 Å². The van der Waals surface area contributed by atoms with E-state index in [9.17, 15) is 4.39 Å². The molecule has 0 atom stereocenters. The first kappa shape index (κ1) is 12.9. The average molecular weight is 267 g/mol. The van der Waals surface area contributed by atoms with Crippen molar-refractivity contribution in [3.63, 3.8) is 0 Å². The zero-order chi connectivity index (χ0) is 13.0. The van der Waals surface area contributed by atoms with E-state index in [4.69, 9.17) is 21.4 Å². The third-order valence-corrected chi connectivity index (χ3v) is 2.74. The summed E-state index contributed by atoms with van der Waals surface area (Å²) in [5, 5.41) is 8.83. The minimum Gasteiger partial charge on any atom is -0.457 e. The van der Waals surface area contributed by atoms with Crippen LogP contribution in [0.15, 0.2) is 42.5 Å². The molecule has 0 aliphatic heterocycles. The molecule has 4 heteroatoms. The van der Waals surface area contributed by atoms with Crippen LogP contribution >= 0.6 is 11.6 Å². The topological polar surface area (TPSA) is 29.5 Å². The molecular weight excluding hydrogens is 255 g/mol. The summed E-state index contributed by atoms with van der Waals surface area (Å²) in [7, 11) is 0. The van der Waals surface area contributed by atoms with Crippen molar-refractivity contribution in [3.05, 3.63) is 58.9 Å². The van der Waals surface area contributed by atoms with Crippen molar-refractivity contribution in [1.82, 2.24) is 0 Å². The molecule has 0 heterocycles. The summed E-state index contributed by atoms with van der Waals surface area (Å²) in [6, 6.07) is 11.5. The zero-order valence-electron chi connectivity index (χ0n) is 9.57. The molecule has 0 unspecified atom stereocenters. The number of ether oxygens (including phenoxy) is 1. The lowest BCUT2D eigenvalue weighted by molar-refractivity contribution is 0.299. The van der Waals surface area contributed by atoms with Crippen molar-refractivity contribution in [2.45, 2.75) is 6.42 Å². The maximum absolute atomic E-state index is 13.0. The zero-order valence-corrected chi connectivity index (χ0v) is 10.3. The van der Waals surface area contributed by atoms with Gasteiger partial charge in [-0.3, -0.25) is 0 Å². The SMILES string of the molecule is OCCc1ccc(Oc2ccc(F)c(Cl)c2)cc1. The number of rotatable bonds is 4. The average Bonchev–Trinajstić information content (AvgIpc) is 2.37. The molecule has 0 fully saturated rings. The Bertz CT molecular complexity index is 526. The van der Waals surface area contributed by atoms with Crippen molar-refractivity contribution in [2.24, 2.45) is 0 Å². The van der Waals surface area contributed by atoms with E-state index in [-0.39, 0.29) is 11.6 Å². The Kier molecular flexibility index (Phi) is 4.18. The second-order valence-corrected chi connectivity index (χ2v) is 4.20. The van der Waals surface area contributed by atoms with Gasteiger partial charge in [-0.25, -0.2) is 4.39 Å². The Balaban J connectivity index is 2.10. The van der Waals surface area contributed by atoms with Crippen molar-refractivity contribution in [3.8, 4) is 11.5 Å². The van der Waals surface area contributed by atoms with E-state index in [0.29, 0.717) is 17.9 Å². The lowest BCUT2D eigenvalue weighted by atomic mass is 10.1. The predicted octanol–water partition coefficient (Wildman–Crippen LogP) is 3.81. The molecule has 18 heavy (non-hydrogen) atoms. The molecule has 0 spiro atoms. The van der Waals surface area contributed by atoms with Gasteiger partial charge in [-0.2, -0.15) is 0 Å². The van der Waals surface area contributed by atoms with Crippen LogP contribution in [0, 0.1) is 5.82 Å². The third-order valence-electron chi connectivity index (χ3n) is 2.45. The molecule has 2 rings (SSSR count). The molecule has 2 aromatic carbocycles. The molecule has 0 saturated carbocycles. The summed E-state index contributed by atoms with van der Waals surface area (Å²) >= 11 is 5.66. The lowest BCUT2D eigenvalue weighted by Crippen LogP contribution is -1.90. The number of hydrogen-bond donors (Lipinski definition) is 1. The van der Waals surface area contributed by atoms with Gasteiger partial charge in [0.25, 0.3) is 0 Å². The quantitative estimate of drug-likeness (QED) is 0.912. The lowest BCUT2D eigenvalue weighted by Gasteiger charge is -2.07. The molecule has 94 valence electrons. The Morgan fingerprint density at radius 3 is 2.33 bits per heavy atom. The fourth-order valence-electron chi connectivity index (χ4n) is 1.53. The van der Waals surface area contributed by atoms with Gasteiger partial charge in [0.15, 0.2) is 0 Å². The normalized spacial score (nSPS) is 10.4. The van der Waals surface area contributed by atoms with Gasteiger partial charge < -0.3 is 9.84 Å². The van der Waals surface area contributed by atoms with Gasteiger partial charge in [0.05, 0.1) is 5.02 Å². The summed E-state index contributed by atoms with van der Waals surface area (Å²) in [6.45, 7) is 0.119. The van der Waals surface area contributed by atoms with Crippen molar-refractivity contribution in [1.29, 1.82) is 0 Å². The van der Waals surface area contributed by atoms with Crippen molar-refractivity contribution >= 4 is 11.6 Å². The summed E-state index contributed by atoms with van der Waals surface area (Å²) in [6.07, 6.45) is 0.614. The predicted molar refractivity (Wildman–Crippen MR) is 68.7 cm³/mol. The minimum atomic E-state index is -0.470. The second kappa shape index (κ2) is 5.85. The van der Waals surface area contributed by atoms with E-state index in [1.807, 2.05) is 12.1 Å². The van der Waals surface area contributed by atoms with E-state index in [2.05, 4.69) is 0 Å². The molecule has 0 aliphatic rings. The summed E-state index contributed by atoms with van der Waals surface area (Å²) in [5.41, 5.74) is 1.03. The van der Waals surface area contributed by atoms with Crippen molar-refractivity contribution < 1.29 is 14.2 Å². The maximum Gasteiger partial charge on any atom is 0.142 e. The van der Waals surface area contributed by atoms with Gasteiger partial charge in [-0.15, -0.1) is 0 Å². The van der Waals surface area contributed by atoms with Gasteiger partial charge in [-0.1, -0.05) is 23.7 Å². The molecule has 0 aromatic heterocycles. The summed E-state index contributed by atoms with van der Waals surface area (Å²) < 4.78 is 18.5. The van der Waals surface area contributed by atoms with Crippen LogP contribution < -0.4 is 4.74 Å². The van der Waals surface area contributed by atoms with Crippen LogP contribution in [0.25, 0.3) is 0 Å². The van der Waals surface area contributed by atoms with Crippen LogP contribution in [-0.4, -0.2) is 11.7 Å². The third kappa shape index (κ3) is 3.22. The first-order valence-electron chi connectivity index (χ1n) is 5.52. The molecule has 0 bridgehead atoms. The largest absolute Gasteiger partial charge is 0.457 e. The fourth-order valence-corrected chi connectivity index (χ4v) is 1.70. The number of halogens is 2. The number of benzene rings is 2. The number of aliphatic hydroxyl groups is 1. The number of aliphatic hydroxyl groups excluding tert-OH is 1. The highest BCUT2D eigenvalue weighted by Gasteiger charge is 2.03. The molecule has 0 aliphatic carbocycles. The Labute approximate surface area is 110 Å². The Morgan fingerprint density at radius 1 is 1.06 bits per heavy atom. The highest BCUT2D eigenvalue weighted by atomic mass is 35.5. The van der Waals surface area contributed by atoms with Gasteiger partial charge >= 0.3 is 0 Å². The first-order valence-corrected chi connectivity index (χ1v) is 5.89. The summed E-state index contributed by atoms with van der Waals surface area (Å²) in [5.74, 6) is 0.651. The van der Waals surface area contributed by atoms with E-state index in [1.165, 1.54) is 18.2 Å². The molecule has 0 saturated heterocycles. The highest BCUT2D eigenvalue weighted by molar-refractivity contribution is 6.30. The molecule has 2 nitrogen and oxygen atoms in total. The van der Waals surface area contributed by atoms with Crippen LogP contribution in [0.3, 0.4) is 0 Å². The van der Waals surface area contributed by atoms with Gasteiger partial charge in [-0.05, 0) is 36.2 Å². The number of hydrogen-bond acceptors (Lipinski definition) is 2. The van der Waals surface area contributed by atoms with Crippen molar-refractivity contribution in [2.75, 3.05) is 6.61 Å². The first-order chi connectivity index (χ1) is 8.69. The fraction of sp³-hybridized carbons (Fsp3) is 0.143. The van der Waals surface area contributed by atoms with Crippen LogP contribution in [-0.2, 0) is 6.42 Å². The van der Waals surface area contributed by atoms with E-state index in [0.717, 1.165) is 5.56 Å². The Hall–Kier alpha value is -1.58. The van der Waals surface area contributed by atoms with Gasteiger partial charge in [0.2, 0.25) is 0 Å². The molecule has 2 aromatic rings. The van der Waals surface area contributed by atoms with Crippen LogP contribution in [0.5, 0.6) is 11.5 Å². The molecule has 0 radical (unpaired) electrons. The molecule has 0 amide bonds. The maximum atomic E-state index is 13.0. The van der Waals surface area contributed by atoms with E-state index >= 15 is 0 Å². The highest BCUT2D eigenvalue weighted by Crippen LogP contribution is 2.26. The second-order valence-electron chi connectivity index (χ2n) is 3.80.